The van der Waals surface area contributed by atoms with E-state index >= 15 is 0 Å². The van der Waals surface area contributed by atoms with E-state index in [1.807, 2.05) is 23.9 Å². The fourth-order valence-electron chi connectivity index (χ4n) is 2.78. The molecule has 1 aliphatic rings. The van der Waals surface area contributed by atoms with Crippen molar-refractivity contribution < 1.29 is 4.39 Å². The average molecular weight is 395 g/mol. The van der Waals surface area contributed by atoms with Crippen molar-refractivity contribution in [1.82, 2.24) is 5.32 Å². The molecule has 1 N–H and O–H groups in total. The van der Waals surface area contributed by atoms with Crippen LogP contribution in [0.3, 0.4) is 0 Å². The van der Waals surface area contributed by atoms with Gasteiger partial charge in [-0.1, -0.05) is 43.9 Å². The highest BCUT2D eigenvalue weighted by atomic mass is 79.9. The first-order chi connectivity index (χ1) is 10.1. The van der Waals surface area contributed by atoms with E-state index in [1.165, 1.54) is 32.1 Å². The molecule has 5 heteroatoms. The SMILES string of the molecule is CCNC(CSC1CCCCC1)c1ccc(Br)c(Cl)c1F. The van der Waals surface area contributed by atoms with Crippen molar-refractivity contribution in [2.24, 2.45) is 0 Å². The van der Waals surface area contributed by atoms with E-state index in [-0.39, 0.29) is 16.9 Å². The zero-order valence-corrected chi connectivity index (χ0v) is 15.5. The smallest absolute Gasteiger partial charge is 0.147 e. The van der Waals surface area contributed by atoms with Gasteiger partial charge in [0.15, 0.2) is 0 Å². The van der Waals surface area contributed by atoms with Gasteiger partial charge in [0, 0.05) is 27.1 Å². The molecule has 118 valence electrons. The quantitative estimate of drug-likeness (QED) is 0.598. The second-order valence-corrected chi connectivity index (χ2v) is 8.03. The van der Waals surface area contributed by atoms with Gasteiger partial charge in [0.05, 0.1) is 5.02 Å². The average Bonchev–Trinajstić information content (AvgIpc) is 2.51. The Bertz CT molecular complexity index is 466. The number of hydrogen-bond donors (Lipinski definition) is 1. The molecule has 21 heavy (non-hydrogen) atoms. The minimum absolute atomic E-state index is 0.0209. The lowest BCUT2D eigenvalue weighted by Crippen LogP contribution is -2.25. The van der Waals surface area contributed by atoms with Crippen molar-refractivity contribution >= 4 is 39.3 Å². The maximum absolute atomic E-state index is 14.4. The zero-order chi connectivity index (χ0) is 15.2. The Labute approximate surface area is 144 Å². The summed E-state index contributed by atoms with van der Waals surface area (Å²) in [4.78, 5) is 0. The minimum Gasteiger partial charge on any atom is -0.309 e. The van der Waals surface area contributed by atoms with Gasteiger partial charge < -0.3 is 5.32 Å². The van der Waals surface area contributed by atoms with Crippen LogP contribution in [0.5, 0.6) is 0 Å². The molecule has 0 heterocycles. The summed E-state index contributed by atoms with van der Waals surface area (Å²) >= 11 is 11.3. The fourth-order valence-corrected chi connectivity index (χ4v) is 4.69. The zero-order valence-electron chi connectivity index (χ0n) is 12.3. The van der Waals surface area contributed by atoms with Gasteiger partial charge in [0.1, 0.15) is 5.82 Å². The Hall–Kier alpha value is 0.230. The minimum atomic E-state index is -0.304. The molecule has 1 fully saturated rings. The Kier molecular flexibility index (Phi) is 7.33. The van der Waals surface area contributed by atoms with E-state index in [0.29, 0.717) is 10.0 Å². The molecule has 1 aliphatic carbocycles. The topological polar surface area (TPSA) is 12.0 Å². The molecular formula is C16H22BrClFNS. The molecule has 0 aliphatic heterocycles. The molecule has 0 radical (unpaired) electrons. The van der Waals surface area contributed by atoms with Gasteiger partial charge >= 0.3 is 0 Å². The summed E-state index contributed by atoms with van der Waals surface area (Å²) in [7, 11) is 0. The van der Waals surface area contributed by atoms with E-state index in [0.717, 1.165) is 17.5 Å². The van der Waals surface area contributed by atoms with Gasteiger partial charge in [0.25, 0.3) is 0 Å². The maximum atomic E-state index is 14.4. The van der Waals surface area contributed by atoms with Gasteiger partial charge in [-0.25, -0.2) is 4.39 Å². The van der Waals surface area contributed by atoms with Crippen LogP contribution in [0.1, 0.15) is 50.6 Å². The number of benzene rings is 1. The summed E-state index contributed by atoms with van der Waals surface area (Å²) in [5.41, 5.74) is 0.674. The predicted octanol–water partition coefficient (Wildman–Crippen LogP) is 5.96. The molecule has 1 atom stereocenters. The van der Waals surface area contributed by atoms with Gasteiger partial charge in [-0.05, 0) is 41.4 Å². The molecule has 1 aromatic carbocycles. The van der Waals surface area contributed by atoms with E-state index in [9.17, 15) is 4.39 Å². The Morgan fingerprint density at radius 2 is 2.10 bits per heavy atom. The van der Waals surface area contributed by atoms with Gasteiger partial charge in [-0.2, -0.15) is 11.8 Å². The summed E-state index contributed by atoms with van der Waals surface area (Å²) in [6.07, 6.45) is 6.63. The molecule has 0 amide bonds. The molecular weight excluding hydrogens is 373 g/mol. The third kappa shape index (κ3) is 4.85. The van der Waals surface area contributed by atoms with E-state index in [1.54, 1.807) is 0 Å². The first-order valence-corrected chi connectivity index (χ1v) is 9.83. The van der Waals surface area contributed by atoms with Crippen LogP contribution in [0.2, 0.25) is 5.02 Å². The highest BCUT2D eigenvalue weighted by molar-refractivity contribution is 9.10. The molecule has 2 rings (SSSR count). The van der Waals surface area contributed by atoms with Crippen molar-refractivity contribution in [3.63, 3.8) is 0 Å². The van der Waals surface area contributed by atoms with Crippen LogP contribution >= 0.6 is 39.3 Å². The molecule has 0 aromatic heterocycles. The summed E-state index contributed by atoms with van der Waals surface area (Å²) < 4.78 is 15.0. The van der Waals surface area contributed by atoms with Crippen LogP contribution in [0, 0.1) is 5.82 Å². The van der Waals surface area contributed by atoms with Gasteiger partial charge in [-0.15, -0.1) is 0 Å². The largest absolute Gasteiger partial charge is 0.309 e. The second kappa shape index (κ2) is 8.76. The van der Waals surface area contributed by atoms with Crippen molar-refractivity contribution in [1.29, 1.82) is 0 Å². The fraction of sp³-hybridized carbons (Fsp3) is 0.625. The number of halogens is 3. The highest BCUT2D eigenvalue weighted by Crippen LogP contribution is 2.34. The predicted molar refractivity (Wildman–Crippen MR) is 94.9 cm³/mol. The molecule has 0 bridgehead atoms. The highest BCUT2D eigenvalue weighted by Gasteiger charge is 2.21. The van der Waals surface area contributed by atoms with E-state index in [4.69, 9.17) is 11.6 Å². The Morgan fingerprint density at radius 1 is 1.38 bits per heavy atom. The van der Waals surface area contributed by atoms with E-state index in [2.05, 4.69) is 28.2 Å². The number of rotatable bonds is 6. The van der Waals surface area contributed by atoms with Crippen molar-refractivity contribution in [2.75, 3.05) is 12.3 Å². The van der Waals surface area contributed by atoms with Gasteiger partial charge in [0.2, 0.25) is 0 Å². The molecule has 1 unspecified atom stereocenters. The first-order valence-electron chi connectivity index (χ1n) is 7.61. The van der Waals surface area contributed by atoms with Crippen LogP contribution in [0.25, 0.3) is 0 Å². The lowest BCUT2D eigenvalue weighted by atomic mass is 10.0. The standard InChI is InChI=1S/C16H22BrClFNS/c1-2-20-14(10-21-11-6-4-3-5-7-11)12-8-9-13(17)15(18)16(12)19/h8-9,11,14,20H,2-7,10H2,1H3. The van der Waals surface area contributed by atoms with Crippen LogP contribution < -0.4 is 5.32 Å². The summed E-state index contributed by atoms with van der Waals surface area (Å²) in [6.45, 7) is 2.87. The molecule has 1 saturated carbocycles. The normalized spacial score (nSPS) is 17.9. The second-order valence-electron chi connectivity index (χ2n) is 5.47. The van der Waals surface area contributed by atoms with E-state index < -0.39 is 0 Å². The molecule has 0 saturated heterocycles. The van der Waals surface area contributed by atoms with Crippen molar-refractivity contribution in [3.05, 3.63) is 33.0 Å². The lowest BCUT2D eigenvalue weighted by molar-refractivity contribution is 0.512. The third-order valence-electron chi connectivity index (χ3n) is 3.94. The van der Waals surface area contributed by atoms with Crippen LogP contribution in [0.15, 0.2) is 16.6 Å². The maximum Gasteiger partial charge on any atom is 0.147 e. The third-order valence-corrected chi connectivity index (χ3v) is 6.67. The van der Waals surface area contributed by atoms with Crippen molar-refractivity contribution in [3.8, 4) is 0 Å². The summed E-state index contributed by atoms with van der Waals surface area (Å²) in [6, 6.07) is 3.68. The first kappa shape index (κ1) is 17.6. The van der Waals surface area contributed by atoms with Crippen LogP contribution in [0.4, 0.5) is 4.39 Å². The van der Waals surface area contributed by atoms with Crippen LogP contribution in [-0.2, 0) is 0 Å². The van der Waals surface area contributed by atoms with Crippen LogP contribution in [-0.4, -0.2) is 17.5 Å². The number of hydrogen-bond acceptors (Lipinski definition) is 2. The Balaban J connectivity index is 2.05. The number of nitrogens with one attached hydrogen (secondary N) is 1. The Morgan fingerprint density at radius 3 is 2.76 bits per heavy atom. The van der Waals surface area contributed by atoms with Crippen molar-refractivity contribution in [2.45, 2.75) is 50.3 Å². The molecule has 1 aromatic rings. The monoisotopic (exact) mass is 393 g/mol. The lowest BCUT2D eigenvalue weighted by Gasteiger charge is -2.25. The summed E-state index contributed by atoms with van der Waals surface area (Å²) in [5, 5.41) is 4.30. The number of thioether (sulfide) groups is 1. The molecule has 1 nitrogen and oxygen atoms in total. The molecule has 0 spiro atoms. The van der Waals surface area contributed by atoms with Gasteiger partial charge in [-0.3, -0.25) is 0 Å². The summed E-state index contributed by atoms with van der Waals surface area (Å²) in [5.74, 6) is 0.592.